The molecule has 0 aromatic carbocycles. The van der Waals surface area contributed by atoms with E-state index in [1.54, 1.807) is 0 Å². The fourth-order valence-electron chi connectivity index (χ4n) is 2.94. The smallest absolute Gasteiger partial charge is 0.302 e. The third-order valence-electron chi connectivity index (χ3n) is 3.53. The van der Waals surface area contributed by atoms with Crippen LogP contribution in [-0.2, 0) is 22.5 Å². The second kappa shape index (κ2) is 7.57. The maximum Gasteiger partial charge on any atom is 0.483 e. The van der Waals surface area contributed by atoms with Gasteiger partial charge < -0.3 is 9.79 Å². The molecule has 1 heterocycles. The molecule has 1 saturated heterocycles. The van der Waals surface area contributed by atoms with Gasteiger partial charge in [0.15, 0.2) is 0 Å². The average molecular weight is 530 g/mol. The highest BCUT2D eigenvalue weighted by Gasteiger charge is 2.56. The summed E-state index contributed by atoms with van der Waals surface area (Å²) in [5, 5.41) is 0. The Morgan fingerprint density at radius 3 is 1.56 bits per heavy atom. The standard InChI is InChI=1S/C14H28Br2O7P2/c1-11(2,3)7-13(15)9-21-25(20,23-24(17,18)19)22-10-14(13,16)8-12(4,5)6/h7-10H2,1-6H3,(H2,17,18,19). The molecule has 0 amide bonds. The molecule has 25 heavy (non-hydrogen) atoms. The van der Waals surface area contributed by atoms with E-state index in [1.807, 2.05) is 0 Å². The first kappa shape index (κ1) is 24.3. The van der Waals surface area contributed by atoms with E-state index in [9.17, 15) is 9.13 Å². The Morgan fingerprint density at radius 1 is 1.00 bits per heavy atom. The summed E-state index contributed by atoms with van der Waals surface area (Å²) < 4.78 is 37.2. The van der Waals surface area contributed by atoms with Crippen LogP contribution in [0.2, 0.25) is 0 Å². The summed E-state index contributed by atoms with van der Waals surface area (Å²) in [7, 11) is -9.42. The van der Waals surface area contributed by atoms with Crippen molar-refractivity contribution in [2.45, 2.75) is 63.0 Å². The first-order valence-corrected chi connectivity index (χ1v) is 12.4. The fourth-order valence-corrected chi connectivity index (χ4v) is 7.96. The average Bonchev–Trinajstić information content (AvgIpc) is 2.34. The summed E-state index contributed by atoms with van der Waals surface area (Å²) >= 11 is 7.53. The van der Waals surface area contributed by atoms with Crippen LogP contribution in [0.5, 0.6) is 0 Å². The van der Waals surface area contributed by atoms with Crippen LogP contribution in [0.3, 0.4) is 0 Å². The molecule has 2 N–H and O–H groups in total. The molecular formula is C14H28Br2O7P2. The van der Waals surface area contributed by atoms with E-state index in [2.05, 4.69) is 77.7 Å². The normalized spacial score (nSPS) is 35.4. The lowest BCUT2D eigenvalue weighted by atomic mass is 9.73. The first-order valence-electron chi connectivity index (χ1n) is 7.82. The van der Waals surface area contributed by atoms with E-state index in [0.29, 0.717) is 12.8 Å². The zero-order chi connectivity index (χ0) is 19.9. The van der Waals surface area contributed by atoms with E-state index in [0.717, 1.165) is 0 Å². The number of phosphoric ester groups is 1. The molecule has 150 valence electrons. The molecule has 1 rings (SSSR count). The van der Waals surface area contributed by atoms with Crippen molar-refractivity contribution in [2.24, 2.45) is 10.8 Å². The van der Waals surface area contributed by atoms with Gasteiger partial charge in [0.25, 0.3) is 0 Å². The third-order valence-corrected chi connectivity index (χ3v) is 9.14. The molecule has 0 aromatic rings. The maximum atomic E-state index is 12.6. The predicted molar refractivity (Wildman–Crippen MR) is 104 cm³/mol. The summed E-state index contributed by atoms with van der Waals surface area (Å²) in [5.41, 5.74) is -0.190. The Kier molecular flexibility index (Phi) is 7.34. The predicted octanol–water partition coefficient (Wildman–Crippen LogP) is 5.39. The van der Waals surface area contributed by atoms with Crippen molar-refractivity contribution in [3.05, 3.63) is 0 Å². The van der Waals surface area contributed by atoms with E-state index >= 15 is 0 Å². The lowest BCUT2D eigenvalue weighted by molar-refractivity contribution is 0.154. The van der Waals surface area contributed by atoms with Crippen molar-refractivity contribution in [2.75, 3.05) is 13.2 Å². The lowest BCUT2D eigenvalue weighted by Crippen LogP contribution is -2.53. The third kappa shape index (κ3) is 7.63. The quantitative estimate of drug-likeness (QED) is 0.371. The number of alkyl halides is 2. The Bertz CT molecular complexity index is 545. The highest BCUT2D eigenvalue weighted by molar-refractivity contribution is 9.13. The van der Waals surface area contributed by atoms with E-state index in [1.165, 1.54) is 0 Å². The van der Waals surface area contributed by atoms with Gasteiger partial charge in [0.1, 0.15) is 0 Å². The van der Waals surface area contributed by atoms with Crippen molar-refractivity contribution in [1.82, 2.24) is 0 Å². The van der Waals surface area contributed by atoms with Gasteiger partial charge in [-0.05, 0) is 23.7 Å². The van der Waals surface area contributed by atoms with Crippen LogP contribution < -0.4 is 0 Å². The van der Waals surface area contributed by atoms with Crippen molar-refractivity contribution in [3.8, 4) is 0 Å². The van der Waals surface area contributed by atoms with Gasteiger partial charge in [0.2, 0.25) is 0 Å². The number of hydrogen-bond donors (Lipinski definition) is 2. The van der Waals surface area contributed by atoms with Gasteiger partial charge in [-0.3, -0.25) is 9.05 Å². The number of rotatable bonds is 4. The van der Waals surface area contributed by atoms with Crippen LogP contribution in [0.25, 0.3) is 0 Å². The van der Waals surface area contributed by atoms with E-state index in [-0.39, 0.29) is 24.0 Å². The largest absolute Gasteiger partial charge is 0.483 e. The molecule has 0 saturated carbocycles. The summed E-state index contributed by atoms with van der Waals surface area (Å²) in [6.07, 6.45) is 1.28. The zero-order valence-electron chi connectivity index (χ0n) is 15.4. The van der Waals surface area contributed by atoms with Gasteiger partial charge in [-0.15, -0.1) is 0 Å². The summed E-state index contributed by atoms with van der Waals surface area (Å²) in [6, 6.07) is 0. The Balaban J connectivity index is 3.27. The molecule has 0 aromatic heterocycles. The molecule has 2 unspecified atom stereocenters. The minimum Gasteiger partial charge on any atom is -0.302 e. The van der Waals surface area contributed by atoms with Gasteiger partial charge in [-0.2, -0.15) is 4.31 Å². The molecule has 0 spiro atoms. The highest BCUT2D eigenvalue weighted by atomic mass is 79.9. The van der Waals surface area contributed by atoms with Crippen LogP contribution in [-0.4, -0.2) is 31.6 Å². The summed E-state index contributed by atoms with van der Waals surface area (Å²) in [5.74, 6) is 0. The minimum atomic E-state index is -5.03. The topological polar surface area (TPSA) is 102 Å². The fraction of sp³-hybridized carbons (Fsp3) is 1.00. The summed E-state index contributed by atoms with van der Waals surface area (Å²) in [4.78, 5) is 18.0. The maximum absolute atomic E-state index is 12.6. The van der Waals surface area contributed by atoms with Crippen LogP contribution in [0.1, 0.15) is 54.4 Å². The van der Waals surface area contributed by atoms with Crippen molar-refractivity contribution < 1.29 is 32.3 Å². The van der Waals surface area contributed by atoms with Gasteiger partial charge in [0.05, 0.1) is 21.9 Å². The van der Waals surface area contributed by atoms with Crippen LogP contribution in [0, 0.1) is 10.8 Å². The van der Waals surface area contributed by atoms with Gasteiger partial charge in [0, 0.05) is 0 Å². The number of halogens is 2. The Morgan fingerprint density at radius 2 is 1.32 bits per heavy atom. The number of hydrogen-bond acceptors (Lipinski definition) is 5. The van der Waals surface area contributed by atoms with E-state index in [4.69, 9.17) is 18.8 Å². The molecule has 0 aliphatic carbocycles. The molecule has 0 radical (unpaired) electrons. The van der Waals surface area contributed by atoms with Gasteiger partial charge in [-0.1, -0.05) is 73.4 Å². The Labute approximate surface area is 166 Å². The second-order valence-electron chi connectivity index (χ2n) is 8.97. The summed E-state index contributed by atoms with van der Waals surface area (Å²) in [6.45, 7) is 12.2. The SMILES string of the molecule is CC(C)(C)CC1(Br)COP(=O)(OP(=O)(O)O)OCC1(Br)CC(C)(C)C. The highest BCUT2D eigenvalue weighted by Crippen LogP contribution is 2.65. The van der Waals surface area contributed by atoms with Crippen molar-refractivity contribution in [3.63, 3.8) is 0 Å². The van der Waals surface area contributed by atoms with Gasteiger partial charge in [-0.25, -0.2) is 9.13 Å². The molecular weight excluding hydrogens is 502 g/mol. The molecule has 1 aliphatic heterocycles. The second-order valence-corrected chi connectivity index (χ2v) is 15.1. The lowest BCUT2D eigenvalue weighted by Gasteiger charge is -2.46. The molecule has 1 aliphatic rings. The number of phosphoric acid groups is 2. The van der Waals surface area contributed by atoms with Crippen LogP contribution in [0.15, 0.2) is 0 Å². The first-order chi connectivity index (χ1) is 10.8. The Hall–Kier alpha value is 1.22. The molecule has 2 atom stereocenters. The van der Waals surface area contributed by atoms with Gasteiger partial charge >= 0.3 is 15.6 Å². The monoisotopic (exact) mass is 528 g/mol. The van der Waals surface area contributed by atoms with Crippen molar-refractivity contribution >= 4 is 47.5 Å². The molecule has 1 fully saturated rings. The van der Waals surface area contributed by atoms with Crippen LogP contribution in [0.4, 0.5) is 0 Å². The molecule has 7 nitrogen and oxygen atoms in total. The minimum absolute atomic E-state index is 0.0944. The zero-order valence-corrected chi connectivity index (χ0v) is 20.4. The molecule has 11 heteroatoms. The van der Waals surface area contributed by atoms with E-state index < -0.39 is 24.3 Å². The van der Waals surface area contributed by atoms with Crippen molar-refractivity contribution in [1.29, 1.82) is 0 Å². The molecule has 0 bridgehead atoms. The van der Waals surface area contributed by atoms with Crippen LogP contribution >= 0.6 is 47.5 Å².